The Labute approximate surface area is 225 Å². The molecule has 0 spiro atoms. The van der Waals surface area contributed by atoms with Gasteiger partial charge in [-0.3, -0.25) is 14.4 Å². The predicted molar refractivity (Wildman–Crippen MR) is 141 cm³/mol. The van der Waals surface area contributed by atoms with E-state index in [9.17, 15) is 22.8 Å². The smallest absolute Gasteiger partial charge is 0.250 e. The summed E-state index contributed by atoms with van der Waals surface area (Å²) in [5, 5.41) is 4.03. The van der Waals surface area contributed by atoms with Crippen LogP contribution in [0, 0.1) is 0 Å². The Morgan fingerprint density at radius 1 is 1.19 bits per heavy atom. The standard InChI is InChI=1S/C24H31ClN4O6S2/c1-2-35-15-21(30)26-13-18-5-3-10-29(18)22(31)14-28-9-4-6-19(24(28)32)27-37(33,34)23-12-16-11-17(25)7-8-20(16)36-23/h7-8,11-12,18-19,27H,2-6,9-10,13-15H2,1H3,(H,26,30)/t18-,19?/m0/s1. The van der Waals surface area contributed by atoms with Crippen molar-refractivity contribution in [2.75, 3.05) is 39.4 Å². The number of hydrogen-bond acceptors (Lipinski definition) is 7. The van der Waals surface area contributed by atoms with Crippen LogP contribution in [-0.4, -0.2) is 87.4 Å². The van der Waals surface area contributed by atoms with Gasteiger partial charge in [0, 0.05) is 42.0 Å². The van der Waals surface area contributed by atoms with Crippen LogP contribution in [0.4, 0.5) is 0 Å². The van der Waals surface area contributed by atoms with Gasteiger partial charge >= 0.3 is 0 Å². The minimum atomic E-state index is -3.93. The zero-order valence-electron chi connectivity index (χ0n) is 20.6. The minimum Gasteiger partial charge on any atom is -0.372 e. The summed E-state index contributed by atoms with van der Waals surface area (Å²) in [5.41, 5.74) is 0. The Bertz CT molecular complexity index is 1270. The largest absolute Gasteiger partial charge is 0.372 e. The van der Waals surface area contributed by atoms with Crippen molar-refractivity contribution >= 4 is 60.8 Å². The van der Waals surface area contributed by atoms with Gasteiger partial charge < -0.3 is 19.9 Å². The summed E-state index contributed by atoms with van der Waals surface area (Å²) in [6.07, 6.45) is 2.51. The van der Waals surface area contributed by atoms with Crippen molar-refractivity contribution in [2.45, 2.75) is 48.9 Å². The molecule has 37 heavy (non-hydrogen) atoms. The van der Waals surface area contributed by atoms with Crippen molar-refractivity contribution in [3.63, 3.8) is 0 Å². The summed E-state index contributed by atoms with van der Waals surface area (Å²) in [6, 6.07) is 5.62. The van der Waals surface area contributed by atoms with Gasteiger partial charge in [0.25, 0.3) is 10.0 Å². The molecule has 1 aromatic heterocycles. The highest BCUT2D eigenvalue weighted by Crippen LogP contribution is 2.31. The van der Waals surface area contributed by atoms with Crippen LogP contribution in [0.5, 0.6) is 0 Å². The monoisotopic (exact) mass is 570 g/mol. The summed E-state index contributed by atoms with van der Waals surface area (Å²) in [4.78, 5) is 41.2. The number of fused-ring (bicyclic) bond motifs is 1. The Balaban J connectivity index is 1.35. The molecule has 3 amide bonds. The van der Waals surface area contributed by atoms with Crippen LogP contribution in [0.15, 0.2) is 28.5 Å². The number of hydrogen-bond donors (Lipinski definition) is 2. The van der Waals surface area contributed by atoms with Gasteiger partial charge in [-0.1, -0.05) is 11.6 Å². The highest BCUT2D eigenvalue weighted by Gasteiger charge is 2.36. The van der Waals surface area contributed by atoms with Crippen molar-refractivity contribution in [2.24, 2.45) is 0 Å². The topological polar surface area (TPSA) is 125 Å². The van der Waals surface area contributed by atoms with E-state index in [1.165, 1.54) is 4.90 Å². The van der Waals surface area contributed by atoms with E-state index in [0.29, 0.717) is 49.5 Å². The molecule has 2 saturated heterocycles. The molecule has 0 aliphatic carbocycles. The van der Waals surface area contributed by atoms with Crippen LogP contribution >= 0.6 is 22.9 Å². The van der Waals surface area contributed by atoms with E-state index >= 15 is 0 Å². The van der Waals surface area contributed by atoms with Gasteiger partial charge in [-0.15, -0.1) is 11.3 Å². The molecule has 10 nitrogen and oxygen atoms in total. The van der Waals surface area contributed by atoms with E-state index in [1.807, 2.05) is 6.92 Å². The number of halogens is 1. The van der Waals surface area contributed by atoms with Gasteiger partial charge in [-0.2, -0.15) is 4.72 Å². The fraction of sp³-hybridized carbons (Fsp3) is 0.542. The molecule has 1 unspecified atom stereocenters. The van der Waals surface area contributed by atoms with Crippen molar-refractivity contribution in [1.29, 1.82) is 0 Å². The molecule has 0 saturated carbocycles. The van der Waals surface area contributed by atoms with Gasteiger partial charge in [0.1, 0.15) is 16.9 Å². The first-order valence-electron chi connectivity index (χ1n) is 12.3. The Hall–Kier alpha value is -2.25. The molecule has 2 fully saturated rings. The number of amides is 3. The lowest BCUT2D eigenvalue weighted by atomic mass is 10.1. The maximum Gasteiger partial charge on any atom is 0.250 e. The average Bonchev–Trinajstić information content (AvgIpc) is 3.51. The van der Waals surface area contributed by atoms with Gasteiger partial charge in [-0.25, -0.2) is 8.42 Å². The highest BCUT2D eigenvalue weighted by molar-refractivity contribution is 7.91. The third-order valence-corrected chi connectivity index (χ3v) is 9.84. The van der Waals surface area contributed by atoms with Crippen molar-refractivity contribution in [3.05, 3.63) is 29.3 Å². The fourth-order valence-electron chi connectivity index (χ4n) is 4.68. The number of sulfonamides is 1. The van der Waals surface area contributed by atoms with Crippen LogP contribution in [-0.2, 0) is 29.1 Å². The van der Waals surface area contributed by atoms with Crippen LogP contribution in [0.3, 0.4) is 0 Å². The third kappa shape index (κ3) is 6.80. The van der Waals surface area contributed by atoms with Crippen LogP contribution in [0.25, 0.3) is 10.1 Å². The molecule has 0 bridgehead atoms. The van der Waals surface area contributed by atoms with E-state index in [2.05, 4.69) is 10.0 Å². The van der Waals surface area contributed by atoms with E-state index in [4.69, 9.17) is 16.3 Å². The number of carbonyl (C=O) groups is 3. The second-order valence-corrected chi connectivity index (χ2v) is 12.6. The fourth-order valence-corrected chi connectivity index (χ4v) is 7.48. The lowest BCUT2D eigenvalue weighted by Gasteiger charge is -2.34. The molecule has 2 aliphatic heterocycles. The summed E-state index contributed by atoms with van der Waals surface area (Å²) in [6.45, 7) is 3.37. The summed E-state index contributed by atoms with van der Waals surface area (Å²) in [5.74, 6) is -0.850. The number of rotatable bonds is 10. The normalized spacial score (nSPS) is 20.5. The summed E-state index contributed by atoms with van der Waals surface area (Å²) < 4.78 is 34.6. The maximum absolute atomic E-state index is 13.1. The lowest BCUT2D eigenvalue weighted by molar-refractivity contribution is -0.143. The molecule has 0 radical (unpaired) electrons. The zero-order valence-corrected chi connectivity index (χ0v) is 23.0. The molecule has 4 rings (SSSR count). The predicted octanol–water partition coefficient (Wildman–Crippen LogP) is 1.97. The molecule has 2 atom stereocenters. The number of ether oxygens (including phenoxy) is 1. The van der Waals surface area contributed by atoms with Gasteiger partial charge in [-0.05, 0) is 62.3 Å². The van der Waals surface area contributed by atoms with E-state index in [1.54, 1.807) is 29.2 Å². The van der Waals surface area contributed by atoms with E-state index < -0.39 is 22.0 Å². The SMILES string of the molecule is CCOCC(=O)NC[C@@H]1CCCN1C(=O)CN1CCCC(NS(=O)(=O)c2cc3cc(Cl)ccc3s2)C1=O. The molecule has 3 heterocycles. The molecule has 2 aromatic rings. The van der Waals surface area contributed by atoms with Crippen LogP contribution in [0.2, 0.25) is 5.02 Å². The number of nitrogens with zero attached hydrogens (tertiary/aromatic N) is 2. The number of likely N-dealkylation sites (tertiary alicyclic amines) is 2. The molecule has 13 heteroatoms. The highest BCUT2D eigenvalue weighted by atomic mass is 35.5. The maximum atomic E-state index is 13.1. The molecular formula is C24H31ClN4O6S2. The Morgan fingerprint density at radius 2 is 1.97 bits per heavy atom. The number of nitrogens with one attached hydrogen (secondary N) is 2. The van der Waals surface area contributed by atoms with E-state index in [-0.39, 0.29) is 35.2 Å². The van der Waals surface area contributed by atoms with Crippen LogP contribution in [0.1, 0.15) is 32.6 Å². The summed E-state index contributed by atoms with van der Waals surface area (Å²) in [7, 11) is -3.93. The van der Waals surface area contributed by atoms with Gasteiger partial charge in [0.2, 0.25) is 17.7 Å². The molecule has 2 N–H and O–H groups in total. The second-order valence-electron chi connectivity index (χ2n) is 9.15. The molecule has 202 valence electrons. The zero-order chi connectivity index (χ0) is 26.6. The molecule has 2 aliphatic rings. The first-order valence-corrected chi connectivity index (χ1v) is 15.0. The first-order chi connectivity index (χ1) is 17.7. The van der Waals surface area contributed by atoms with E-state index in [0.717, 1.165) is 28.9 Å². The Morgan fingerprint density at radius 3 is 2.76 bits per heavy atom. The first kappa shape index (κ1) is 27.8. The molecule has 1 aromatic carbocycles. The minimum absolute atomic E-state index is 0.0218. The lowest BCUT2D eigenvalue weighted by Crippen LogP contribution is -2.55. The van der Waals surface area contributed by atoms with Gasteiger partial charge in [0.15, 0.2) is 0 Å². The average molecular weight is 571 g/mol. The number of thiophene rings is 1. The quantitative estimate of drug-likeness (QED) is 0.450. The number of piperidine rings is 1. The number of carbonyl (C=O) groups excluding carboxylic acids is 3. The van der Waals surface area contributed by atoms with Crippen molar-refractivity contribution < 1.29 is 27.5 Å². The van der Waals surface area contributed by atoms with Crippen molar-refractivity contribution in [1.82, 2.24) is 19.8 Å². The Kier molecular flexibility index (Phi) is 9.07. The summed E-state index contributed by atoms with van der Waals surface area (Å²) >= 11 is 7.12. The molecular weight excluding hydrogens is 540 g/mol. The third-order valence-electron chi connectivity index (χ3n) is 6.54. The van der Waals surface area contributed by atoms with Crippen LogP contribution < -0.4 is 10.0 Å². The van der Waals surface area contributed by atoms with Crippen molar-refractivity contribution in [3.8, 4) is 0 Å². The van der Waals surface area contributed by atoms with Gasteiger partial charge in [0.05, 0.1) is 6.54 Å². The second kappa shape index (κ2) is 12.1. The number of benzene rings is 1.